The predicted molar refractivity (Wildman–Crippen MR) is 63.2 cm³/mol. The van der Waals surface area contributed by atoms with E-state index in [0.29, 0.717) is 19.3 Å². The molecule has 0 spiro atoms. The van der Waals surface area contributed by atoms with Gasteiger partial charge in [-0.15, -0.1) is 0 Å². The zero-order valence-electron chi connectivity index (χ0n) is 10.1. The first-order valence-corrected chi connectivity index (χ1v) is 5.83. The van der Waals surface area contributed by atoms with Gasteiger partial charge in [0, 0.05) is 25.9 Å². The van der Waals surface area contributed by atoms with Gasteiger partial charge in [0.05, 0.1) is 5.41 Å². The summed E-state index contributed by atoms with van der Waals surface area (Å²) in [7, 11) is 1.56. The largest absolute Gasteiger partial charge is 0.285 e. The summed E-state index contributed by atoms with van der Waals surface area (Å²) in [6.07, 6.45) is 5.11. The zero-order chi connectivity index (χ0) is 12.5. The quantitative estimate of drug-likeness (QED) is 0.726. The van der Waals surface area contributed by atoms with Gasteiger partial charge in [-0.3, -0.25) is 19.5 Å². The van der Waals surface area contributed by atoms with Crippen molar-refractivity contribution in [2.75, 3.05) is 7.05 Å². The molecule has 2 rings (SSSR count). The van der Waals surface area contributed by atoms with Crippen molar-refractivity contribution in [3.63, 3.8) is 0 Å². The molecule has 1 aliphatic heterocycles. The standard InChI is InChI=1S/C13H16N2O2/c1-3-13(10-5-8-14-9-6-10)7-4-11(16)15(2)12(13)17/h5-6,8-9H,3-4,7H2,1-2H3. The number of carbonyl (C=O) groups excluding carboxylic acids is 2. The van der Waals surface area contributed by atoms with Crippen LogP contribution in [0.3, 0.4) is 0 Å². The highest BCUT2D eigenvalue weighted by Crippen LogP contribution is 2.37. The molecule has 0 bridgehead atoms. The van der Waals surface area contributed by atoms with Crippen LogP contribution in [0.5, 0.6) is 0 Å². The molecule has 0 saturated carbocycles. The topological polar surface area (TPSA) is 50.3 Å². The monoisotopic (exact) mass is 232 g/mol. The predicted octanol–water partition coefficient (Wildman–Crippen LogP) is 1.51. The average molecular weight is 232 g/mol. The Hall–Kier alpha value is -1.71. The minimum absolute atomic E-state index is 0.0897. The number of likely N-dealkylation sites (tertiary alicyclic amines) is 1. The lowest BCUT2D eigenvalue weighted by Gasteiger charge is -2.38. The van der Waals surface area contributed by atoms with Crippen LogP contribution in [-0.4, -0.2) is 28.7 Å². The SMILES string of the molecule is CCC1(c2ccncc2)CCC(=O)N(C)C1=O. The molecule has 4 nitrogen and oxygen atoms in total. The van der Waals surface area contributed by atoms with E-state index >= 15 is 0 Å². The van der Waals surface area contributed by atoms with Gasteiger partial charge in [-0.25, -0.2) is 0 Å². The molecule has 0 aromatic carbocycles. The summed E-state index contributed by atoms with van der Waals surface area (Å²) < 4.78 is 0. The first-order valence-electron chi connectivity index (χ1n) is 5.83. The van der Waals surface area contributed by atoms with Crippen LogP contribution in [0.2, 0.25) is 0 Å². The van der Waals surface area contributed by atoms with Gasteiger partial charge in [-0.05, 0) is 30.5 Å². The van der Waals surface area contributed by atoms with E-state index in [-0.39, 0.29) is 11.8 Å². The molecule has 1 aliphatic rings. The van der Waals surface area contributed by atoms with Crippen LogP contribution < -0.4 is 0 Å². The van der Waals surface area contributed by atoms with Crippen molar-refractivity contribution in [1.82, 2.24) is 9.88 Å². The number of hydrogen-bond donors (Lipinski definition) is 0. The Morgan fingerprint density at radius 1 is 1.35 bits per heavy atom. The second-order valence-electron chi connectivity index (χ2n) is 4.43. The summed E-state index contributed by atoms with van der Waals surface area (Å²) in [5, 5.41) is 0. The van der Waals surface area contributed by atoms with Gasteiger partial charge >= 0.3 is 0 Å². The lowest BCUT2D eigenvalue weighted by atomic mass is 9.71. The van der Waals surface area contributed by atoms with E-state index in [2.05, 4.69) is 4.98 Å². The smallest absolute Gasteiger partial charge is 0.239 e. The van der Waals surface area contributed by atoms with Crippen molar-refractivity contribution in [2.24, 2.45) is 0 Å². The van der Waals surface area contributed by atoms with E-state index in [1.165, 1.54) is 4.90 Å². The lowest BCUT2D eigenvalue weighted by molar-refractivity contribution is -0.151. The van der Waals surface area contributed by atoms with E-state index in [1.54, 1.807) is 19.4 Å². The fraction of sp³-hybridized carbons (Fsp3) is 0.462. The van der Waals surface area contributed by atoms with E-state index in [9.17, 15) is 9.59 Å². The Morgan fingerprint density at radius 2 is 2.00 bits per heavy atom. The van der Waals surface area contributed by atoms with Crippen LogP contribution in [0.1, 0.15) is 31.7 Å². The maximum Gasteiger partial charge on any atom is 0.239 e. The molecular formula is C13H16N2O2. The van der Waals surface area contributed by atoms with E-state index < -0.39 is 5.41 Å². The molecule has 1 unspecified atom stereocenters. The molecule has 4 heteroatoms. The Labute approximate surface area is 101 Å². The number of carbonyl (C=O) groups is 2. The number of aromatic nitrogens is 1. The van der Waals surface area contributed by atoms with Crippen molar-refractivity contribution in [1.29, 1.82) is 0 Å². The lowest BCUT2D eigenvalue weighted by Crippen LogP contribution is -2.52. The molecule has 0 N–H and O–H groups in total. The third kappa shape index (κ3) is 1.73. The molecule has 1 aromatic heterocycles. The van der Waals surface area contributed by atoms with Crippen molar-refractivity contribution in [3.8, 4) is 0 Å². The van der Waals surface area contributed by atoms with Gasteiger partial charge in [-0.1, -0.05) is 6.92 Å². The number of likely N-dealkylation sites (N-methyl/N-ethyl adjacent to an activating group) is 1. The number of amides is 2. The van der Waals surface area contributed by atoms with Crippen molar-refractivity contribution in [2.45, 2.75) is 31.6 Å². The molecule has 1 aromatic rings. The highest BCUT2D eigenvalue weighted by atomic mass is 16.2. The Morgan fingerprint density at radius 3 is 2.59 bits per heavy atom. The summed E-state index contributed by atoms with van der Waals surface area (Å²) in [5.41, 5.74) is 0.408. The van der Waals surface area contributed by atoms with Crippen molar-refractivity contribution < 1.29 is 9.59 Å². The average Bonchev–Trinajstić information content (AvgIpc) is 2.38. The Balaban J connectivity index is 2.45. The second-order valence-corrected chi connectivity index (χ2v) is 4.43. The molecule has 0 radical (unpaired) electrons. The molecule has 1 fully saturated rings. The van der Waals surface area contributed by atoms with Gasteiger partial charge in [0.2, 0.25) is 11.8 Å². The second kappa shape index (κ2) is 4.28. The van der Waals surface area contributed by atoms with E-state index in [1.807, 2.05) is 19.1 Å². The highest BCUT2D eigenvalue weighted by molar-refractivity contribution is 6.03. The molecule has 0 aliphatic carbocycles. The van der Waals surface area contributed by atoms with Gasteiger partial charge in [-0.2, -0.15) is 0 Å². The Kier molecular flexibility index (Phi) is 2.96. The molecule has 2 heterocycles. The van der Waals surface area contributed by atoms with Gasteiger partial charge < -0.3 is 0 Å². The molecule has 90 valence electrons. The van der Waals surface area contributed by atoms with Gasteiger partial charge in [0.1, 0.15) is 0 Å². The maximum atomic E-state index is 12.4. The van der Waals surface area contributed by atoms with E-state index in [4.69, 9.17) is 0 Å². The maximum absolute atomic E-state index is 12.4. The number of pyridine rings is 1. The highest BCUT2D eigenvalue weighted by Gasteiger charge is 2.45. The molecule has 17 heavy (non-hydrogen) atoms. The van der Waals surface area contributed by atoms with E-state index in [0.717, 1.165) is 5.56 Å². The Bertz CT molecular complexity index is 444. The van der Waals surface area contributed by atoms with Crippen molar-refractivity contribution in [3.05, 3.63) is 30.1 Å². The summed E-state index contributed by atoms with van der Waals surface area (Å²) in [5.74, 6) is -0.185. The summed E-state index contributed by atoms with van der Waals surface area (Å²) in [6.45, 7) is 1.99. The zero-order valence-corrected chi connectivity index (χ0v) is 10.1. The fourth-order valence-corrected chi connectivity index (χ4v) is 2.50. The molecule has 1 atom stereocenters. The third-order valence-electron chi connectivity index (χ3n) is 3.69. The number of nitrogens with zero attached hydrogens (tertiary/aromatic N) is 2. The number of rotatable bonds is 2. The molecule has 1 saturated heterocycles. The molecular weight excluding hydrogens is 216 g/mol. The number of imide groups is 1. The van der Waals surface area contributed by atoms with Crippen molar-refractivity contribution >= 4 is 11.8 Å². The fourth-order valence-electron chi connectivity index (χ4n) is 2.50. The number of hydrogen-bond acceptors (Lipinski definition) is 3. The van der Waals surface area contributed by atoms with Gasteiger partial charge in [0.25, 0.3) is 0 Å². The van der Waals surface area contributed by atoms with Crippen LogP contribution in [0.15, 0.2) is 24.5 Å². The third-order valence-corrected chi connectivity index (χ3v) is 3.69. The first kappa shape index (κ1) is 11.8. The summed E-state index contributed by atoms with van der Waals surface area (Å²) in [4.78, 5) is 29.1. The van der Waals surface area contributed by atoms with Crippen LogP contribution in [0.4, 0.5) is 0 Å². The normalized spacial score (nSPS) is 25.2. The molecule has 2 amide bonds. The summed E-state index contributed by atoms with van der Waals surface area (Å²) >= 11 is 0. The van der Waals surface area contributed by atoms with Crippen LogP contribution >= 0.6 is 0 Å². The van der Waals surface area contributed by atoms with Crippen LogP contribution in [-0.2, 0) is 15.0 Å². The van der Waals surface area contributed by atoms with Crippen LogP contribution in [0.25, 0.3) is 0 Å². The van der Waals surface area contributed by atoms with Gasteiger partial charge in [0.15, 0.2) is 0 Å². The minimum Gasteiger partial charge on any atom is -0.285 e. The number of piperidine rings is 1. The summed E-state index contributed by atoms with van der Waals surface area (Å²) in [6, 6.07) is 3.73. The minimum atomic E-state index is -0.550. The first-order chi connectivity index (χ1) is 8.12. The van der Waals surface area contributed by atoms with Crippen LogP contribution in [0, 0.1) is 0 Å².